The van der Waals surface area contributed by atoms with E-state index in [0.717, 1.165) is 23.2 Å². The van der Waals surface area contributed by atoms with E-state index in [1.807, 2.05) is 32.0 Å². The molecular formula is C30H28N2O5. The molecule has 7 atom stereocenters. The number of esters is 1. The molecule has 2 aliphatic heterocycles. The van der Waals surface area contributed by atoms with Crippen LogP contribution in [-0.2, 0) is 19.2 Å². The van der Waals surface area contributed by atoms with E-state index < -0.39 is 11.9 Å². The molecule has 0 spiro atoms. The summed E-state index contributed by atoms with van der Waals surface area (Å²) in [5.41, 5.74) is 3.32. The predicted octanol–water partition coefficient (Wildman–Crippen LogP) is 3.82. The van der Waals surface area contributed by atoms with Crippen LogP contribution in [0.25, 0.3) is 0 Å². The molecule has 8 rings (SSSR count). The minimum absolute atomic E-state index is 0.0794. The maximum absolute atomic E-state index is 13.4. The van der Waals surface area contributed by atoms with Crippen molar-refractivity contribution in [3.05, 3.63) is 65.7 Å². The van der Waals surface area contributed by atoms with Crippen molar-refractivity contribution in [2.45, 2.75) is 26.7 Å². The molecule has 2 aromatic rings. The Labute approximate surface area is 215 Å². The molecule has 0 radical (unpaired) electrons. The lowest BCUT2D eigenvalue weighted by molar-refractivity contribution is -0.139. The van der Waals surface area contributed by atoms with Crippen LogP contribution >= 0.6 is 0 Å². The number of hydrogen-bond acceptors (Lipinski definition) is 5. The van der Waals surface area contributed by atoms with E-state index in [2.05, 4.69) is 12.2 Å². The average Bonchev–Trinajstić information content (AvgIpc) is 3.53. The number of rotatable bonds is 4. The summed E-state index contributed by atoms with van der Waals surface area (Å²) in [6.45, 7) is 4.21. The summed E-state index contributed by atoms with van der Waals surface area (Å²) in [6.07, 6.45) is 5.50. The van der Waals surface area contributed by atoms with Crippen molar-refractivity contribution < 1.29 is 23.9 Å². The van der Waals surface area contributed by atoms with Crippen LogP contribution in [0, 0.1) is 55.3 Å². The fourth-order valence-corrected chi connectivity index (χ4v) is 7.32. The van der Waals surface area contributed by atoms with Crippen LogP contribution in [0.3, 0.4) is 0 Å². The van der Waals surface area contributed by atoms with Gasteiger partial charge in [-0.05, 0) is 79.3 Å². The monoisotopic (exact) mass is 496 g/mol. The summed E-state index contributed by atoms with van der Waals surface area (Å²) >= 11 is 0. The molecule has 7 nitrogen and oxygen atoms in total. The van der Waals surface area contributed by atoms with E-state index in [0.29, 0.717) is 17.5 Å². The molecule has 6 aliphatic rings. The zero-order chi connectivity index (χ0) is 25.6. The summed E-state index contributed by atoms with van der Waals surface area (Å²) in [5.74, 6) is -0.396. The molecule has 2 bridgehead atoms. The SMILES string of the molecule is Cc1cc(C)cc(N2C[C@H](C(=O)Oc3cccc(N4C(=O)[C@@H]5[C@H]6C=C[C@@H]([C@@H]7C[C@H]67)[C@@H]5C4=O)c3)CC2=O)c1. The molecule has 2 saturated heterocycles. The Balaban J connectivity index is 1.08. The Hall–Kier alpha value is -3.74. The number of carbonyl (C=O) groups excluding carboxylic acids is 4. The molecule has 7 heteroatoms. The molecule has 0 unspecified atom stereocenters. The van der Waals surface area contributed by atoms with Gasteiger partial charge in [0.1, 0.15) is 5.75 Å². The van der Waals surface area contributed by atoms with Crippen molar-refractivity contribution in [2.75, 3.05) is 16.3 Å². The third-order valence-corrected chi connectivity index (χ3v) is 8.93. The lowest BCUT2D eigenvalue weighted by atomic mass is 9.63. The predicted molar refractivity (Wildman–Crippen MR) is 136 cm³/mol. The number of imide groups is 1. The van der Waals surface area contributed by atoms with Gasteiger partial charge in [-0.1, -0.05) is 24.3 Å². The summed E-state index contributed by atoms with van der Waals surface area (Å²) in [4.78, 5) is 55.5. The molecular weight excluding hydrogens is 468 g/mol. The van der Waals surface area contributed by atoms with E-state index in [9.17, 15) is 19.2 Å². The number of aryl methyl sites for hydroxylation is 2. The van der Waals surface area contributed by atoms with E-state index >= 15 is 0 Å². The highest BCUT2D eigenvalue weighted by molar-refractivity contribution is 6.22. The Bertz CT molecular complexity index is 1360. The van der Waals surface area contributed by atoms with Crippen molar-refractivity contribution in [1.82, 2.24) is 0 Å². The highest BCUT2D eigenvalue weighted by Crippen LogP contribution is 2.65. The van der Waals surface area contributed by atoms with Crippen LogP contribution in [0.15, 0.2) is 54.6 Å². The molecule has 2 saturated carbocycles. The number of hydrogen-bond donors (Lipinski definition) is 0. The lowest BCUT2D eigenvalue weighted by Crippen LogP contribution is -2.40. The molecule has 3 amide bonds. The minimum atomic E-state index is -0.594. The van der Waals surface area contributed by atoms with Crippen LogP contribution in [0.2, 0.25) is 0 Å². The Morgan fingerprint density at radius 3 is 2.16 bits per heavy atom. The third kappa shape index (κ3) is 3.40. The van der Waals surface area contributed by atoms with Gasteiger partial charge in [0, 0.05) is 24.7 Å². The zero-order valence-electron chi connectivity index (χ0n) is 20.8. The number of nitrogens with zero attached hydrogens (tertiary/aromatic N) is 2. The first kappa shape index (κ1) is 22.5. The zero-order valence-corrected chi connectivity index (χ0v) is 20.8. The number of amides is 3. The molecule has 4 aliphatic carbocycles. The van der Waals surface area contributed by atoms with E-state index in [-0.39, 0.29) is 60.1 Å². The van der Waals surface area contributed by atoms with Gasteiger partial charge in [-0.3, -0.25) is 19.2 Å². The third-order valence-electron chi connectivity index (χ3n) is 8.93. The van der Waals surface area contributed by atoms with Gasteiger partial charge in [0.2, 0.25) is 17.7 Å². The number of anilines is 2. The number of ether oxygens (including phenoxy) is 1. The lowest BCUT2D eigenvalue weighted by Gasteiger charge is -2.37. The van der Waals surface area contributed by atoms with Crippen LogP contribution < -0.4 is 14.5 Å². The van der Waals surface area contributed by atoms with Gasteiger partial charge in [0.25, 0.3) is 0 Å². The maximum atomic E-state index is 13.4. The fraction of sp³-hybridized carbons (Fsp3) is 0.400. The fourth-order valence-electron chi connectivity index (χ4n) is 7.32. The highest BCUT2D eigenvalue weighted by Gasteiger charge is 2.67. The smallest absolute Gasteiger partial charge is 0.316 e. The molecule has 2 aromatic carbocycles. The van der Waals surface area contributed by atoms with E-state index in [4.69, 9.17) is 4.74 Å². The summed E-state index contributed by atoms with van der Waals surface area (Å²) in [5, 5.41) is 0. The average molecular weight is 497 g/mol. The molecule has 0 N–H and O–H groups in total. The first-order valence-electron chi connectivity index (χ1n) is 13.1. The summed E-state index contributed by atoms with van der Waals surface area (Å²) < 4.78 is 5.67. The first-order valence-corrected chi connectivity index (χ1v) is 13.1. The molecule has 4 fully saturated rings. The van der Waals surface area contributed by atoms with Crippen molar-refractivity contribution in [1.29, 1.82) is 0 Å². The largest absolute Gasteiger partial charge is 0.426 e. The van der Waals surface area contributed by atoms with Gasteiger partial charge in [-0.15, -0.1) is 0 Å². The number of allylic oxidation sites excluding steroid dienone is 2. The molecule has 2 heterocycles. The second kappa shape index (κ2) is 7.88. The number of carbonyl (C=O) groups is 4. The molecule has 37 heavy (non-hydrogen) atoms. The molecule has 0 aromatic heterocycles. The second-order valence-electron chi connectivity index (χ2n) is 11.3. The Morgan fingerprint density at radius 2 is 1.51 bits per heavy atom. The van der Waals surface area contributed by atoms with Crippen molar-refractivity contribution >= 4 is 35.1 Å². The van der Waals surface area contributed by atoms with Gasteiger partial charge < -0.3 is 9.64 Å². The van der Waals surface area contributed by atoms with Crippen LogP contribution in [0.5, 0.6) is 5.75 Å². The van der Waals surface area contributed by atoms with E-state index in [1.165, 1.54) is 4.90 Å². The van der Waals surface area contributed by atoms with Gasteiger partial charge in [-0.25, -0.2) is 4.90 Å². The van der Waals surface area contributed by atoms with Gasteiger partial charge in [0.05, 0.1) is 23.4 Å². The van der Waals surface area contributed by atoms with Crippen LogP contribution in [0.1, 0.15) is 24.0 Å². The normalized spacial score (nSPS) is 33.1. The quantitative estimate of drug-likeness (QED) is 0.278. The summed E-state index contributed by atoms with van der Waals surface area (Å²) in [6, 6.07) is 12.5. The van der Waals surface area contributed by atoms with Crippen molar-refractivity contribution in [2.24, 2.45) is 41.4 Å². The van der Waals surface area contributed by atoms with Gasteiger partial charge in [0.15, 0.2) is 0 Å². The maximum Gasteiger partial charge on any atom is 0.316 e. The minimum Gasteiger partial charge on any atom is -0.426 e. The van der Waals surface area contributed by atoms with Crippen LogP contribution in [0.4, 0.5) is 11.4 Å². The van der Waals surface area contributed by atoms with Gasteiger partial charge in [-0.2, -0.15) is 0 Å². The van der Waals surface area contributed by atoms with E-state index in [1.54, 1.807) is 29.2 Å². The molecule has 188 valence electrons. The Kier molecular flexibility index (Phi) is 4.78. The first-order chi connectivity index (χ1) is 17.8. The topological polar surface area (TPSA) is 84.0 Å². The summed E-state index contributed by atoms with van der Waals surface area (Å²) in [7, 11) is 0. The highest BCUT2D eigenvalue weighted by atomic mass is 16.5. The van der Waals surface area contributed by atoms with Crippen molar-refractivity contribution in [3.63, 3.8) is 0 Å². The number of benzene rings is 2. The van der Waals surface area contributed by atoms with Crippen molar-refractivity contribution in [3.8, 4) is 5.75 Å². The van der Waals surface area contributed by atoms with Crippen LogP contribution in [-0.4, -0.2) is 30.2 Å². The Morgan fingerprint density at radius 1 is 0.865 bits per heavy atom. The van der Waals surface area contributed by atoms with Gasteiger partial charge >= 0.3 is 5.97 Å². The standard InChI is InChI=1S/C30H28N2O5/c1-15-8-16(2)10-19(9-15)31-14-17(11-25(31)33)30(36)37-20-5-3-4-18(12-20)32-28(34)26-21-6-7-22(24-13-23(21)24)27(26)29(32)35/h3-10,12,17,21-24,26-27H,11,13-14H2,1-2H3/t17-,21+,22+,23-,24+,26-,27+/m1/s1. The second-order valence-corrected chi connectivity index (χ2v) is 11.3.